The molecule has 0 aromatic heterocycles. The largest absolute Gasteiger partial charge is 0.483 e. The van der Waals surface area contributed by atoms with Gasteiger partial charge in [-0.3, -0.25) is 9.59 Å². The van der Waals surface area contributed by atoms with E-state index in [2.05, 4.69) is 10.6 Å². The second-order valence-corrected chi connectivity index (χ2v) is 10.4. The average molecular weight is 421 g/mol. The number of hydrogen-bond donors (Lipinski definition) is 2. The van der Waals surface area contributed by atoms with Gasteiger partial charge in [-0.25, -0.2) is 0 Å². The van der Waals surface area contributed by atoms with Crippen LogP contribution in [0.4, 0.5) is 0 Å². The average Bonchev–Trinajstić information content (AvgIpc) is 2.69. The van der Waals surface area contributed by atoms with E-state index in [0.29, 0.717) is 11.3 Å². The summed E-state index contributed by atoms with van der Waals surface area (Å²) in [5.74, 6) is 2.50. The Balaban J connectivity index is 1.41. The van der Waals surface area contributed by atoms with E-state index in [1.165, 1.54) is 19.3 Å². The molecule has 4 bridgehead atoms. The number of carbonyl (C=O) groups is 2. The lowest BCUT2D eigenvalue weighted by Crippen LogP contribution is -2.59. The van der Waals surface area contributed by atoms with Crippen LogP contribution in [0.1, 0.15) is 62.7 Å². The molecule has 5 nitrogen and oxygen atoms in total. The van der Waals surface area contributed by atoms with Crippen molar-refractivity contribution in [2.75, 3.05) is 6.61 Å². The van der Waals surface area contributed by atoms with Gasteiger partial charge in [0.1, 0.15) is 5.75 Å². The molecule has 0 atom stereocenters. The number of nitrogens with one attached hydrogen (secondary N) is 2. The maximum absolute atomic E-state index is 13.5. The zero-order valence-corrected chi connectivity index (χ0v) is 18.4. The maximum atomic E-state index is 13.5. The summed E-state index contributed by atoms with van der Waals surface area (Å²) < 4.78 is 5.88. The molecule has 164 valence electrons. The third kappa shape index (κ3) is 4.15. The Morgan fingerprint density at radius 2 is 1.58 bits per heavy atom. The molecular formula is C26H32N2O3. The Hall–Kier alpha value is -2.56. The minimum absolute atomic E-state index is 0.0477. The smallest absolute Gasteiger partial charge is 0.258 e. The van der Waals surface area contributed by atoms with Crippen LogP contribution in [-0.2, 0) is 4.79 Å². The van der Waals surface area contributed by atoms with Gasteiger partial charge in [0.15, 0.2) is 6.61 Å². The van der Waals surface area contributed by atoms with Gasteiger partial charge in [-0.05, 0) is 93.0 Å². The van der Waals surface area contributed by atoms with E-state index in [9.17, 15) is 9.59 Å². The minimum atomic E-state index is -0.185. The summed E-state index contributed by atoms with van der Waals surface area (Å²) in [5.41, 5.74) is 0.454. The van der Waals surface area contributed by atoms with Gasteiger partial charge in [-0.2, -0.15) is 0 Å². The third-order valence-electron chi connectivity index (χ3n) is 7.32. The molecule has 2 amide bonds. The van der Waals surface area contributed by atoms with Crippen molar-refractivity contribution < 1.29 is 14.3 Å². The van der Waals surface area contributed by atoms with E-state index in [0.717, 1.165) is 47.8 Å². The minimum Gasteiger partial charge on any atom is -0.483 e. The van der Waals surface area contributed by atoms with Crippen LogP contribution in [0.25, 0.3) is 10.8 Å². The highest BCUT2D eigenvalue weighted by atomic mass is 16.5. The quantitative estimate of drug-likeness (QED) is 0.726. The molecule has 4 aliphatic rings. The summed E-state index contributed by atoms with van der Waals surface area (Å²) in [7, 11) is 0. The van der Waals surface area contributed by atoms with Crippen LogP contribution in [0, 0.1) is 17.8 Å². The van der Waals surface area contributed by atoms with Crippen molar-refractivity contribution in [2.45, 2.75) is 64.0 Å². The van der Waals surface area contributed by atoms with Gasteiger partial charge in [-0.15, -0.1) is 0 Å². The Morgan fingerprint density at radius 1 is 1.00 bits per heavy atom. The molecule has 2 N–H and O–H groups in total. The van der Waals surface area contributed by atoms with Gasteiger partial charge in [0.2, 0.25) is 0 Å². The molecule has 4 aliphatic carbocycles. The summed E-state index contributed by atoms with van der Waals surface area (Å²) in [6.07, 6.45) is 7.32. The molecule has 4 fully saturated rings. The number of benzene rings is 2. The van der Waals surface area contributed by atoms with E-state index in [-0.39, 0.29) is 30.0 Å². The van der Waals surface area contributed by atoms with E-state index in [1.54, 1.807) is 0 Å². The summed E-state index contributed by atoms with van der Waals surface area (Å²) in [6.45, 7) is 3.73. The van der Waals surface area contributed by atoms with Crippen LogP contribution in [0.2, 0.25) is 0 Å². The first-order chi connectivity index (χ1) is 14.9. The highest BCUT2D eigenvalue weighted by molar-refractivity contribution is 6.02. The monoisotopic (exact) mass is 420 g/mol. The van der Waals surface area contributed by atoms with E-state index >= 15 is 0 Å². The molecule has 0 unspecified atom stereocenters. The molecule has 6 rings (SSSR count). The summed E-state index contributed by atoms with van der Waals surface area (Å²) in [5, 5.41) is 8.27. The van der Waals surface area contributed by atoms with Crippen LogP contribution in [0.5, 0.6) is 5.75 Å². The fourth-order valence-electron chi connectivity index (χ4n) is 6.60. The Labute approximate surface area is 183 Å². The molecule has 0 aliphatic heterocycles. The van der Waals surface area contributed by atoms with Gasteiger partial charge in [-0.1, -0.05) is 24.3 Å². The van der Waals surface area contributed by atoms with Crippen molar-refractivity contribution in [1.29, 1.82) is 0 Å². The highest BCUT2D eigenvalue weighted by Crippen LogP contribution is 2.55. The number of hydrogen-bond acceptors (Lipinski definition) is 3. The number of fused-ring (bicyclic) bond motifs is 1. The zero-order chi connectivity index (χ0) is 21.6. The number of rotatable bonds is 6. The van der Waals surface area contributed by atoms with Gasteiger partial charge in [0.05, 0.1) is 5.56 Å². The van der Waals surface area contributed by atoms with E-state index in [1.807, 2.05) is 50.2 Å². The van der Waals surface area contributed by atoms with Crippen LogP contribution < -0.4 is 15.4 Å². The molecule has 0 spiro atoms. The zero-order valence-electron chi connectivity index (χ0n) is 18.4. The lowest BCUT2D eigenvalue weighted by molar-refractivity contribution is -0.123. The van der Waals surface area contributed by atoms with Gasteiger partial charge >= 0.3 is 0 Å². The fourth-order valence-corrected chi connectivity index (χ4v) is 6.60. The van der Waals surface area contributed by atoms with Crippen LogP contribution in [0.15, 0.2) is 36.4 Å². The van der Waals surface area contributed by atoms with Crippen molar-refractivity contribution in [3.05, 3.63) is 42.0 Å². The topological polar surface area (TPSA) is 67.4 Å². The maximum Gasteiger partial charge on any atom is 0.258 e. The van der Waals surface area contributed by atoms with Crippen molar-refractivity contribution in [3.63, 3.8) is 0 Å². The summed E-state index contributed by atoms with van der Waals surface area (Å²) >= 11 is 0. The Morgan fingerprint density at radius 3 is 2.16 bits per heavy atom. The fraction of sp³-hybridized carbons (Fsp3) is 0.538. The first-order valence-electron chi connectivity index (χ1n) is 11.7. The van der Waals surface area contributed by atoms with E-state index < -0.39 is 0 Å². The molecule has 2 aromatic carbocycles. The van der Waals surface area contributed by atoms with Crippen LogP contribution in [-0.4, -0.2) is 30.0 Å². The van der Waals surface area contributed by atoms with Crippen molar-refractivity contribution in [3.8, 4) is 5.75 Å². The predicted molar refractivity (Wildman–Crippen MR) is 121 cm³/mol. The van der Waals surface area contributed by atoms with Crippen molar-refractivity contribution in [1.82, 2.24) is 10.6 Å². The Kier molecular flexibility index (Phi) is 5.15. The molecule has 2 aromatic rings. The van der Waals surface area contributed by atoms with Crippen molar-refractivity contribution >= 4 is 22.6 Å². The van der Waals surface area contributed by atoms with Crippen LogP contribution in [0.3, 0.4) is 0 Å². The number of carbonyl (C=O) groups excluding carboxylic acids is 2. The van der Waals surface area contributed by atoms with Crippen LogP contribution >= 0.6 is 0 Å². The first kappa shape index (κ1) is 20.3. The third-order valence-corrected chi connectivity index (χ3v) is 7.32. The molecule has 0 heterocycles. The molecule has 31 heavy (non-hydrogen) atoms. The van der Waals surface area contributed by atoms with Gasteiger partial charge in [0, 0.05) is 11.6 Å². The van der Waals surface area contributed by atoms with Gasteiger partial charge < -0.3 is 15.4 Å². The highest BCUT2D eigenvalue weighted by Gasteiger charge is 2.51. The second kappa shape index (κ2) is 7.85. The normalized spacial score (nSPS) is 28.7. The predicted octanol–water partition coefficient (Wildman–Crippen LogP) is 4.44. The summed E-state index contributed by atoms with van der Waals surface area (Å²) in [6, 6.07) is 11.8. The Bertz CT molecular complexity index is 978. The lowest BCUT2D eigenvalue weighted by Gasteiger charge is -2.56. The SMILES string of the molecule is CC(C)NC(=O)COc1cc2ccccc2cc1C(=O)NC12CC3CC(CC(C3)C1)C2. The number of amides is 2. The first-order valence-corrected chi connectivity index (χ1v) is 11.7. The van der Waals surface area contributed by atoms with Gasteiger partial charge in [0.25, 0.3) is 11.8 Å². The molecular weight excluding hydrogens is 388 g/mol. The summed E-state index contributed by atoms with van der Waals surface area (Å²) in [4.78, 5) is 25.7. The molecule has 5 heteroatoms. The van der Waals surface area contributed by atoms with Crippen molar-refractivity contribution in [2.24, 2.45) is 17.8 Å². The lowest BCUT2D eigenvalue weighted by atomic mass is 9.53. The molecule has 0 radical (unpaired) electrons. The molecule has 4 saturated carbocycles. The number of ether oxygens (including phenoxy) is 1. The molecule has 0 saturated heterocycles. The standard InChI is InChI=1S/C26H32N2O3/c1-16(2)27-24(29)15-31-23-11-21-6-4-3-5-20(21)10-22(23)25(30)28-26-12-17-7-18(13-26)9-19(8-17)14-26/h3-6,10-11,16-19H,7-9,12-15H2,1-2H3,(H,27,29)(H,28,30). The second-order valence-electron chi connectivity index (χ2n) is 10.4. The van der Waals surface area contributed by atoms with E-state index in [4.69, 9.17) is 4.74 Å².